The number of aromatic nitrogens is 1. The van der Waals surface area contributed by atoms with E-state index in [1.165, 1.54) is 0 Å². The first-order valence-electron chi connectivity index (χ1n) is 3.76. The van der Waals surface area contributed by atoms with Gasteiger partial charge in [-0.1, -0.05) is 28.1 Å². The van der Waals surface area contributed by atoms with Gasteiger partial charge in [-0.2, -0.15) is 0 Å². The van der Waals surface area contributed by atoms with Crippen molar-refractivity contribution in [2.75, 3.05) is 12.3 Å². The minimum atomic E-state index is 0.0461. The van der Waals surface area contributed by atoms with E-state index in [-0.39, 0.29) is 16.5 Å². The van der Waals surface area contributed by atoms with Crippen molar-refractivity contribution < 1.29 is 9.63 Å². The van der Waals surface area contributed by atoms with Crippen LogP contribution >= 0.6 is 22.9 Å². The molecule has 5 nitrogen and oxygen atoms in total. The monoisotopic (exact) mass is 233 g/mol. The summed E-state index contributed by atoms with van der Waals surface area (Å²) < 4.78 is 0.327. The Hall–Kier alpha value is -1.14. The van der Waals surface area contributed by atoms with Crippen LogP contribution in [0, 0.1) is 0 Å². The van der Waals surface area contributed by atoms with E-state index in [0.717, 1.165) is 11.3 Å². The van der Waals surface area contributed by atoms with E-state index in [4.69, 9.17) is 22.2 Å². The molecule has 0 saturated heterocycles. The Bertz CT molecular complexity index is 364. The molecule has 76 valence electrons. The minimum absolute atomic E-state index is 0.0461. The number of halogens is 1. The van der Waals surface area contributed by atoms with Gasteiger partial charge in [0.05, 0.1) is 0 Å². The van der Waals surface area contributed by atoms with Crippen LogP contribution in [0.1, 0.15) is 12.6 Å². The number of nitrogen functional groups attached to an aromatic ring is 1. The number of thiazole rings is 1. The van der Waals surface area contributed by atoms with Gasteiger partial charge in [-0.15, -0.1) is 0 Å². The molecule has 0 unspecified atom stereocenters. The Morgan fingerprint density at radius 3 is 3.00 bits per heavy atom. The summed E-state index contributed by atoms with van der Waals surface area (Å²) in [7, 11) is 0. The molecule has 14 heavy (non-hydrogen) atoms. The van der Waals surface area contributed by atoms with Crippen molar-refractivity contribution in [3.8, 4) is 0 Å². The van der Waals surface area contributed by atoms with Crippen LogP contribution < -0.4 is 5.73 Å². The second-order valence-electron chi connectivity index (χ2n) is 2.19. The van der Waals surface area contributed by atoms with Crippen LogP contribution in [0.3, 0.4) is 0 Å². The van der Waals surface area contributed by atoms with Crippen molar-refractivity contribution in [3.63, 3.8) is 0 Å². The number of aldehydes is 1. The van der Waals surface area contributed by atoms with Gasteiger partial charge >= 0.3 is 0 Å². The zero-order valence-corrected chi connectivity index (χ0v) is 8.93. The van der Waals surface area contributed by atoms with Crippen LogP contribution in [0.5, 0.6) is 0 Å². The molecular weight excluding hydrogens is 226 g/mol. The van der Waals surface area contributed by atoms with Crippen molar-refractivity contribution in [2.45, 2.75) is 6.92 Å². The standard InChI is InChI=1S/C7H8ClN3O2S/c1-2-13-11-4(3-12)5-6(8)14-7(9)10-5/h3H,2H2,1H3,(H2,9,10). The summed E-state index contributed by atoms with van der Waals surface area (Å²) in [5, 5.41) is 3.85. The number of oxime groups is 1. The lowest BCUT2D eigenvalue weighted by Crippen LogP contribution is -2.05. The number of carbonyl (C=O) groups is 1. The third-order valence-corrected chi connectivity index (χ3v) is 2.33. The van der Waals surface area contributed by atoms with Crippen LogP contribution in [-0.2, 0) is 9.63 Å². The van der Waals surface area contributed by atoms with Crippen molar-refractivity contribution in [1.82, 2.24) is 4.98 Å². The maximum atomic E-state index is 10.6. The molecule has 0 aliphatic rings. The minimum Gasteiger partial charge on any atom is -0.395 e. The molecule has 0 spiro atoms. The second kappa shape index (κ2) is 4.92. The molecule has 0 bridgehead atoms. The van der Waals surface area contributed by atoms with E-state index >= 15 is 0 Å². The maximum Gasteiger partial charge on any atom is 0.182 e. The molecular formula is C7H8ClN3O2S. The highest BCUT2D eigenvalue weighted by Crippen LogP contribution is 2.25. The third kappa shape index (κ3) is 2.43. The Morgan fingerprint density at radius 2 is 2.57 bits per heavy atom. The number of hydrogen-bond donors (Lipinski definition) is 1. The Labute approximate surface area is 89.5 Å². The molecule has 0 aromatic carbocycles. The SMILES string of the molecule is CCON=C(C=O)c1nc(N)sc1Cl. The zero-order valence-electron chi connectivity index (χ0n) is 7.36. The van der Waals surface area contributed by atoms with Crippen molar-refractivity contribution in [3.05, 3.63) is 10.0 Å². The number of rotatable bonds is 4. The van der Waals surface area contributed by atoms with E-state index in [1.54, 1.807) is 6.92 Å². The highest BCUT2D eigenvalue weighted by molar-refractivity contribution is 7.19. The molecule has 0 amide bonds. The predicted molar refractivity (Wildman–Crippen MR) is 55.8 cm³/mol. The van der Waals surface area contributed by atoms with Crippen LogP contribution in [-0.4, -0.2) is 23.6 Å². The van der Waals surface area contributed by atoms with E-state index in [2.05, 4.69) is 10.1 Å². The average Bonchev–Trinajstić information content (AvgIpc) is 2.47. The average molecular weight is 234 g/mol. The third-order valence-electron chi connectivity index (χ3n) is 1.25. The normalized spacial score (nSPS) is 11.4. The van der Waals surface area contributed by atoms with E-state index < -0.39 is 0 Å². The number of nitrogens with two attached hydrogens (primary N) is 1. The molecule has 0 atom stereocenters. The summed E-state index contributed by atoms with van der Waals surface area (Å²) in [6.45, 7) is 2.12. The fraction of sp³-hybridized carbons (Fsp3) is 0.286. The Morgan fingerprint density at radius 1 is 1.86 bits per heavy atom. The summed E-state index contributed by atoms with van der Waals surface area (Å²) >= 11 is 6.86. The molecule has 0 saturated carbocycles. The van der Waals surface area contributed by atoms with Crippen molar-refractivity contribution >= 4 is 40.1 Å². The van der Waals surface area contributed by atoms with Gasteiger partial charge in [-0.05, 0) is 6.92 Å². The predicted octanol–water partition coefficient (Wildman–Crippen LogP) is 1.32. The molecule has 1 rings (SSSR count). The molecule has 0 aliphatic heterocycles. The van der Waals surface area contributed by atoms with Crippen LogP contribution in [0.15, 0.2) is 5.16 Å². The van der Waals surface area contributed by atoms with E-state index in [1.807, 2.05) is 0 Å². The summed E-state index contributed by atoms with van der Waals surface area (Å²) in [6, 6.07) is 0. The van der Waals surface area contributed by atoms with Gasteiger partial charge in [0.1, 0.15) is 16.6 Å². The van der Waals surface area contributed by atoms with Crippen molar-refractivity contribution in [2.24, 2.45) is 5.16 Å². The summed E-state index contributed by atoms with van der Waals surface area (Å²) in [5.41, 5.74) is 5.72. The number of nitrogens with zero attached hydrogens (tertiary/aromatic N) is 2. The van der Waals surface area contributed by atoms with Gasteiger partial charge in [0.15, 0.2) is 17.1 Å². The first-order valence-corrected chi connectivity index (χ1v) is 4.95. The fourth-order valence-corrected chi connectivity index (χ4v) is 1.67. The Balaban J connectivity index is 3.00. The molecule has 0 aliphatic carbocycles. The number of hydrogen-bond acceptors (Lipinski definition) is 6. The largest absolute Gasteiger partial charge is 0.395 e. The molecule has 1 heterocycles. The zero-order chi connectivity index (χ0) is 10.6. The maximum absolute atomic E-state index is 10.6. The number of anilines is 1. The quantitative estimate of drug-likeness (QED) is 0.483. The first kappa shape index (κ1) is 10.9. The van der Waals surface area contributed by atoms with Gasteiger partial charge in [-0.25, -0.2) is 4.98 Å². The molecule has 0 fully saturated rings. The fourth-order valence-electron chi connectivity index (χ4n) is 0.730. The van der Waals surface area contributed by atoms with E-state index in [9.17, 15) is 4.79 Å². The van der Waals surface area contributed by atoms with E-state index in [0.29, 0.717) is 17.2 Å². The Kier molecular flexibility index (Phi) is 3.84. The van der Waals surface area contributed by atoms with Gasteiger partial charge in [0, 0.05) is 0 Å². The topological polar surface area (TPSA) is 77.6 Å². The summed E-state index contributed by atoms with van der Waals surface area (Å²) in [5.74, 6) is 0. The first-order chi connectivity index (χ1) is 6.69. The molecule has 2 N–H and O–H groups in total. The smallest absolute Gasteiger partial charge is 0.182 e. The molecule has 0 radical (unpaired) electrons. The van der Waals surface area contributed by atoms with Crippen LogP contribution in [0.2, 0.25) is 4.34 Å². The summed E-state index contributed by atoms with van der Waals surface area (Å²) in [4.78, 5) is 19.2. The lowest BCUT2D eigenvalue weighted by molar-refractivity contribution is -0.102. The molecule has 1 aromatic rings. The molecule has 7 heteroatoms. The number of carbonyl (C=O) groups excluding carboxylic acids is 1. The van der Waals surface area contributed by atoms with Gasteiger partial charge in [0.2, 0.25) is 0 Å². The second-order valence-corrected chi connectivity index (χ2v) is 3.82. The van der Waals surface area contributed by atoms with Crippen molar-refractivity contribution in [1.29, 1.82) is 0 Å². The summed E-state index contributed by atoms with van der Waals surface area (Å²) in [6.07, 6.45) is 0.524. The van der Waals surface area contributed by atoms with Crippen LogP contribution in [0.25, 0.3) is 0 Å². The highest BCUT2D eigenvalue weighted by atomic mass is 35.5. The van der Waals surface area contributed by atoms with Gasteiger partial charge in [-0.3, -0.25) is 4.79 Å². The van der Waals surface area contributed by atoms with Gasteiger partial charge in [0.25, 0.3) is 0 Å². The highest BCUT2D eigenvalue weighted by Gasteiger charge is 2.13. The lowest BCUT2D eigenvalue weighted by atomic mass is 10.3. The molecule has 1 aromatic heterocycles. The van der Waals surface area contributed by atoms with Crippen LogP contribution in [0.4, 0.5) is 5.13 Å². The van der Waals surface area contributed by atoms with Gasteiger partial charge < -0.3 is 10.6 Å². The lowest BCUT2D eigenvalue weighted by Gasteiger charge is -1.95.